The first-order chi connectivity index (χ1) is 20.8. The number of anilines is 1. The largest absolute Gasteiger partial charge is 0.444 e. The van der Waals surface area contributed by atoms with Crippen molar-refractivity contribution in [3.63, 3.8) is 0 Å². The smallest absolute Gasteiger partial charge is 0.410 e. The number of imidazole rings is 1. The highest BCUT2D eigenvalue weighted by Crippen LogP contribution is 2.33. The monoisotopic (exact) mass is 598 g/mol. The molecule has 15 heteroatoms. The average molecular weight is 599 g/mol. The molecular weight excluding hydrogens is 560 g/mol. The molecule has 4 aliphatic rings. The summed E-state index contributed by atoms with van der Waals surface area (Å²) in [5, 5.41) is 26.6. The Hall–Kier alpha value is -4.00. The maximum Gasteiger partial charge on any atom is 0.410 e. The van der Waals surface area contributed by atoms with Gasteiger partial charge in [-0.2, -0.15) is 0 Å². The Morgan fingerprint density at radius 1 is 1.19 bits per heavy atom. The quantitative estimate of drug-likeness (QED) is 0.285. The highest BCUT2D eigenvalue weighted by molar-refractivity contribution is 5.83. The summed E-state index contributed by atoms with van der Waals surface area (Å²) in [5.41, 5.74) is 6.65. The van der Waals surface area contributed by atoms with Crippen LogP contribution in [0.25, 0.3) is 11.2 Å². The van der Waals surface area contributed by atoms with Crippen molar-refractivity contribution >= 4 is 34.9 Å². The number of likely N-dealkylation sites (tertiary alicyclic amines) is 1. The number of aromatic nitrogens is 4. The molecule has 4 fully saturated rings. The van der Waals surface area contributed by atoms with E-state index in [1.807, 2.05) is 13.8 Å². The van der Waals surface area contributed by atoms with Gasteiger partial charge in [-0.05, 0) is 37.5 Å². The number of ether oxygens (including phenoxy) is 2. The number of hydrogen-bond acceptors (Lipinski definition) is 11. The summed E-state index contributed by atoms with van der Waals surface area (Å²) in [7, 11) is 0. The second kappa shape index (κ2) is 13.1. The van der Waals surface area contributed by atoms with Crippen molar-refractivity contribution in [2.45, 2.75) is 89.1 Å². The molecule has 1 aliphatic carbocycles. The highest BCUT2D eigenvalue weighted by Gasteiger charge is 2.48. The Labute approximate surface area is 248 Å². The minimum absolute atomic E-state index is 0.0775. The van der Waals surface area contributed by atoms with E-state index in [0.29, 0.717) is 26.1 Å². The summed E-state index contributed by atoms with van der Waals surface area (Å²) < 4.78 is 12.6. The van der Waals surface area contributed by atoms with E-state index in [1.54, 1.807) is 4.90 Å². The van der Waals surface area contributed by atoms with Crippen molar-refractivity contribution in [2.24, 2.45) is 5.92 Å². The Morgan fingerprint density at radius 3 is 2.60 bits per heavy atom. The molecule has 3 amide bonds. The number of aliphatic hydroxyl groups is 2. The first-order valence-electron chi connectivity index (χ1n) is 14.8. The molecule has 5 heterocycles. The van der Waals surface area contributed by atoms with E-state index in [4.69, 9.17) is 15.2 Å². The first-order valence-corrected chi connectivity index (χ1v) is 14.8. The van der Waals surface area contributed by atoms with E-state index >= 15 is 0 Å². The van der Waals surface area contributed by atoms with Crippen LogP contribution in [0, 0.1) is 17.8 Å². The first kappa shape index (κ1) is 30.5. The summed E-state index contributed by atoms with van der Waals surface area (Å²) in [4.78, 5) is 50.8. The molecule has 232 valence electrons. The standard InChI is InChI=1S/C26H32N8O7.C2H6/c27-22-18-23(34(12-29-18)25-20(37)19(36)21(41-25)24(38)30-14-4-5-14)32-16(31-22)3-1-2-13-6-8-33(9-7-13)26(39)40-15-10-17(35)28-11-15;1-2/h12-15,19-21,25,36-37H,2,4-11H2,(H,28,35)(H,30,38)(H2,27,31,32);1-2H3/t15?,19?,20-,21-,25+;/m0./s1. The van der Waals surface area contributed by atoms with Gasteiger partial charge in [-0.15, -0.1) is 0 Å². The van der Waals surface area contributed by atoms with Gasteiger partial charge in [0.15, 0.2) is 23.8 Å². The van der Waals surface area contributed by atoms with Crippen LogP contribution < -0.4 is 16.4 Å². The third-order valence-corrected chi connectivity index (χ3v) is 7.81. The SMILES string of the molecule is CC.Nc1nc(C#CCC2CCN(C(=O)OC3CNC(=O)C3)CC2)nc2c1ncn2[C@@H]1O[C@H](C(=O)NC2CC2)C(O)[C@@H]1O. The van der Waals surface area contributed by atoms with Crippen LogP contribution in [0.5, 0.6) is 0 Å². The van der Waals surface area contributed by atoms with Gasteiger partial charge in [-0.25, -0.2) is 19.7 Å². The van der Waals surface area contributed by atoms with Gasteiger partial charge >= 0.3 is 6.09 Å². The predicted octanol–water partition coefficient (Wildman–Crippen LogP) is -0.189. The molecule has 5 atom stereocenters. The number of nitrogens with zero attached hydrogens (tertiary/aromatic N) is 5. The molecule has 0 radical (unpaired) electrons. The summed E-state index contributed by atoms with van der Waals surface area (Å²) >= 11 is 0. The normalized spacial score (nSPS) is 27.1. The fourth-order valence-electron chi connectivity index (χ4n) is 5.27. The van der Waals surface area contributed by atoms with E-state index in [1.165, 1.54) is 10.9 Å². The molecule has 0 bridgehead atoms. The zero-order valence-corrected chi connectivity index (χ0v) is 24.2. The number of nitrogen functional groups attached to an aromatic ring is 1. The number of carbonyl (C=O) groups excluding carboxylic acids is 3. The lowest BCUT2D eigenvalue weighted by molar-refractivity contribution is -0.137. The van der Waals surface area contributed by atoms with E-state index in [2.05, 4.69) is 37.4 Å². The summed E-state index contributed by atoms with van der Waals surface area (Å²) in [6.45, 7) is 5.44. The number of aliphatic hydroxyl groups excluding tert-OH is 2. The maximum atomic E-state index is 12.5. The Balaban J connectivity index is 0.00000180. The third kappa shape index (κ3) is 6.82. The van der Waals surface area contributed by atoms with Crippen molar-refractivity contribution < 1.29 is 34.1 Å². The Kier molecular flexibility index (Phi) is 9.28. The van der Waals surface area contributed by atoms with Gasteiger partial charge in [0.05, 0.1) is 19.3 Å². The number of carbonyl (C=O) groups is 3. The summed E-state index contributed by atoms with van der Waals surface area (Å²) in [5.74, 6) is 5.98. The van der Waals surface area contributed by atoms with Gasteiger partial charge < -0.3 is 41.0 Å². The van der Waals surface area contributed by atoms with Crippen molar-refractivity contribution in [1.82, 2.24) is 35.1 Å². The molecule has 0 aromatic carbocycles. The fraction of sp³-hybridized carbons (Fsp3) is 0.643. The van der Waals surface area contributed by atoms with Gasteiger partial charge in [0, 0.05) is 25.6 Å². The molecule has 3 aliphatic heterocycles. The van der Waals surface area contributed by atoms with E-state index in [9.17, 15) is 24.6 Å². The number of nitrogens with one attached hydrogen (secondary N) is 2. The zero-order valence-electron chi connectivity index (χ0n) is 24.2. The molecule has 1 saturated carbocycles. The fourth-order valence-corrected chi connectivity index (χ4v) is 5.27. The topological polar surface area (TPSA) is 207 Å². The molecule has 43 heavy (non-hydrogen) atoms. The van der Waals surface area contributed by atoms with E-state index in [-0.39, 0.29) is 47.1 Å². The number of hydrogen-bond donors (Lipinski definition) is 5. The number of nitrogens with two attached hydrogens (primary N) is 1. The van der Waals surface area contributed by atoms with Gasteiger partial charge in [-0.1, -0.05) is 19.8 Å². The Morgan fingerprint density at radius 2 is 1.93 bits per heavy atom. The second-order valence-electron chi connectivity index (χ2n) is 10.9. The third-order valence-electron chi connectivity index (χ3n) is 7.81. The molecule has 15 nitrogen and oxygen atoms in total. The molecule has 6 rings (SSSR count). The summed E-state index contributed by atoms with van der Waals surface area (Å²) in [6, 6.07) is 0.0775. The minimum Gasteiger partial charge on any atom is -0.444 e. The average Bonchev–Trinajstić information content (AvgIpc) is 3.43. The van der Waals surface area contributed by atoms with Crippen molar-refractivity contribution in [1.29, 1.82) is 0 Å². The van der Waals surface area contributed by atoms with Crippen LogP contribution in [-0.2, 0) is 19.1 Å². The molecule has 2 aromatic heterocycles. The second-order valence-corrected chi connectivity index (χ2v) is 10.9. The molecule has 2 unspecified atom stereocenters. The van der Waals surface area contributed by atoms with Crippen molar-refractivity contribution in [2.75, 3.05) is 25.4 Å². The highest BCUT2D eigenvalue weighted by atomic mass is 16.6. The van der Waals surface area contributed by atoms with Crippen LogP contribution >= 0.6 is 0 Å². The van der Waals surface area contributed by atoms with Crippen LogP contribution in [0.4, 0.5) is 10.6 Å². The van der Waals surface area contributed by atoms with E-state index < -0.39 is 42.6 Å². The number of piperidine rings is 1. The van der Waals surface area contributed by atoms with Crippen LogP contribution in [0.2, 0.25) is 0 Å². The van der Waals surface area contributed by atoms with Gasteiger partial charge in [0.2, 0.25) is 11.7 Å². The molecule has 0 spiro atoms. The lowest BCUT2D eigenvalue weighted by Crippen LogP contribution is -2.43. The van der Waals surface area contributed by atoms with Crippen LogP contribution in [0.1, 0.15) is 64.4 Å². The van der Waals surface area contributed by atoms with E-state index in [0.717, 1.165) is 25.7 Å². The summed E-state index contributed by atoms with van der Waals surface area (Å²) in [6.07, 6.45) is -0.564. The van der Waals surface area contributed by atoms with Crippen molar-refractivity contribution in [3.8, 4) is 11.8 Å². The van der Waals surface area contributed by atoms with Crippen molar-refractivity contribution in [3.05, 3.63) is 12.2 Å². The van der Waals surface area contributed by atoms with Gasteiger partial charge in [-0.3, -0.25) is 14.2 Å². The number of rotatable bonds is 5. The molecule has 3 saturated heterocycles. The lowest BCUT2D eigenvalue weighted by atomic mass is 9.94. The zero-order chi connectivity index (χ0) is 30.7. The predicted molar refractivity (Wildman–Crippen MR) is 152 cm³/mol. The lowest BCUT2D eigenvalue weighted by Gasteiger charge is -2.31. The maximum absolute atomic E-state index is 12.5. The molecule has 2 aromatic rings. The van der Waals surface area contributed by atoms with Crippen LogP contribution in [0.3, 0.4) is 0 Å². The number of amides is 3. The van der Waals surface area contributed by atoms with Gasteiger partial charge in [0.1, 0.15) is 23.8 Å². The minimum atomic E-state index is -1.42. The molecule has 6 N–H and O–H groups in total. The van der Waals surface area contributed by atoms with Crippen LogP contribution in [0.15, 0.2) is 6.33 Å². The Bertz CT molecular complexity index is 1410. The van der Waals surface area contributed by atoms with Crippen LogP contribution in [-0.4, -0.2) is 103 Å². The van der Waals surface area contributed by atoms with Gasteiger partial charge in [0.25, 0.3) is 5.91 Å². The number of fused-ring (bicyclic) bond motifs is 1. The molecular formula is C28H38N8O7.